The van der Waals surface area contributed by atoms with Crippen molar-refractivity contribution >= 4 is 11.7 Å². The highest BCUT2D eigenvalue weighted by Gasteiger charge is 2.32. The molecule has 0 fully saturated rings. The molecule has 3 aromatic rings. The Morgan fingerprint density at radius 2 is 2.00 bits per heavy atom. The summed E-state index contributed by atoms with van der Waals surface area (Å²) in [5.41, 5.74) is 5.09. The van der Waals surface area contributed by atoms with E-state index in [9.17, 15) is 18.0 Å². The first-order valence-corrected chi connectivity index (χ1v) is 7.47. The van der Waals surface area contributed by atoms with Gasteiger partial charge in [-0.05, 0) is 13.0 Å². The number of nitrogens with one attached hydrogen (secondary N) is 1. The first-order chi connectivity index (χ1) is 12.8. The normalized spacial score (nSPS) is 11.4. The van der Waals surface area contributed by atoms with Gasteiger partial charge in [0.2, 0.25) is 5.89 Å². The van der Waals surface area contributed by atoms with E-state index in [-0.39, 0.29) is 35.5 Å². The van der Waals surface area contributed by atoms with Crippen molar-refractivity contribution in [3.63, 3.8) is 0 Å². The van der Waals surface area contributed by atoms with Crippen molar-refractivity contribution in [2.75, 3.05) is 5.73 Å². The maximum absolute atomic E-state index is 12.7. The topological polar surface area (TPSA) is 133 Å². The minimum absolute atomic E-state index is 0.184. The van der Waals surface area contributed by atoms with Crippen LogP contribution in [0.4, 0.5) is 19.0 Å². The van der Waals surface area contributed by atoms with E-state index in [1.807, 2.05) is 0 Å². The Labute approximate surface area is 149 Å². The molecule has 0 aliphatic heterocycles. The summed E-state index contributed by atoms with van der Waals surface area (Å²) in [5.74, 6) is -0.937. The maximum Gasteiger partial charge on any atom is 0.433 e. The van der Waals surface area contributed by atoms with E-state index in [2.05, 4.69) is 30.2 Å². The molecule has 0 saturated heterocycles. The van der Waals surface area contributed by atoms with Gasteiger partial charge in [0.05, 0.1) is 18.4 Å². The van der Waals surface area contributed by atoms with Gasteiger partial charge in [0.15, 0.2) is 11.5 Å². The number of anilines is 1. The van der Waals surface area contributed by atoms with Gasteiger partial charge in [0.25, 0.3) is 5.91 Å². The van der Waals surface area contributed by atoms with Crippen LogP contribution >= 0.6 is 0 Å². The van der Waals surface area contributed by atoms with Gasteiger partial charge < -0.3 is 15.5 Å². The fraction of sp³-hybridized carbons (Fsp3) is 0.200. The van der Waals surface area contributed by atoms with Crippen LogP contribution in [0.25, 0.3) is 11.6 Å². The number of oxazole rings is 1. The zero-order valence-corrected chi connectivity index (χ0v) is 13.8. The van der Waals surface area contributed by atoms with E-state index in [0.717, 1.165) is 12.3 Å². The first kappa shape index (κ1) is 18.2. The number of nitrogens with zero attached hydrogens (tertiary/aromatic N) is 5. The van der Waals surface area contributed by atoms with Gasteiger partial charge in [0.1, 0.15) is 23.5 Å². The van der Waals surface area contributed by atoms with Crippen molar-refractivity contribution in [3.8, 4) is 11.6 Å². The number of nitrogens with two attached hydrogens (primary N) is 1. The predicted molar refractivity (Wildman–Crippen MR) is 84.9 cm³/mol. The van der Waals surface area contributed by atoms with Gasteiger partial charge in [-0.1, -0.05) is 0 Å². The Morgan fingerprint density at radius 3 is 2.67 bits per heavy atom. The van der Waals surface area contributed by atoms with Crippen molar-refractivity contribution in [1.29, 1.82) is 0 Å². The lowest BCUT2D eigenvalue weighted by atomic mass is 10.2. The molecule has 0 unspecified atom stereocenters. The number of carbonyl (C=O) groups excluding carboxylic acids is 1. The minimum atomic E-state index is -4.61. The average Bonchev–Trinajstić information content (AvgIpc) is 3.15. The van der Waals surface area contributed by atoms with Crippen LogP contribution in [-0.4, -0.2) is 30.8 Å². The van der Waals surface area contributed by atoms with Crippen LogP contribution in [-0.2, 0) is 12.7 Å². The van der Waals surface area contributed by atoms with Crippen LogP contribution < -0.4 is 11.1 Å². The van der Waals surface area contributed by atoms with Gasteiger partial charge in [-0.25, -0.2) is 24.9 Å². The molecule has 3 heterocycles. The largest absolute Gasteiger partial charge is 0.443 e. The highest BCUT2D eigenvalue weighted by Crippen LogP contribution is 2.27. The summed E-state index contributed by atoms with van der Waals surface area (Å²) in [6.45, 7) is 1.24. The summed E-state index contributed by atoms with van der Waals surface area (Å²) in [6, 6.07) is 0.736. The van der Waals surface area contributed by atoms with E-state index in [1.165, 1.54) is 12.5 Å². The highest BCUT2D eigenvalue weighted by atomic mass is 19.4. The lowest BCUT2D eigenvalue weighted by molar-refractivity contribution is -0.141. The van der Waals surface area contributed by atoms with Crippen molar-refractivity contribution < 1.29 is 22.4 Å². The molecule has 3 aromatic heterocycles. The van der Waals surface area contributed by atoms with E-state index in [1.54, 1.807) is 6.92 Å². The maximum atomic E-state index is 12.7. The molecule has 3 rings (SSSR count). The van der Waals surface area contributed by atoms with Gasteiger partial charge in [-0.2, -0.15) is 13.2 Å². The molecule has 0 aromatic carbocycles. The number of hydrogen-bond acceptors (Lipinski definition) is 8. The summed E-state index contributed by atoms with van der Waals surface area (Å²) in [6.07, 6.45) is -0.879. The van der Waals surface area contributed by atoms with Gasteiger partial charge in [-0.15, -0.1) is 0 Å². The summed E-state index contributed by atoms with van der Waals surface area (Å²) >= 11 is 0. The smallest absolute Gasteiger partial charge is 0.433 e. The summed E-state index contributed by atoms with van der Waals surface area (Å²) in [7, 11) is 0. The number of carbonyl (C=O) groups is 1. The van der Waals surface area contributed by atoms with Crippen LogP contribution in [0.2, 0.25) is 0 Å². The fourth-order valence-electron chi connectivity index (χ4n) is 2.13. The number of nitrogen functional groups attached to an aromatic ring is 1. The molecule has 140 valence electrons. The second kappa shape index (κ2) is 6.97. The molecule has 0 radical (unpaired) electrons. The number of amides is 1. The molecule has 0 aliphatic rings. The number of alkyl halides is 3. The number of aryl methyl sites for hydroxylation is 1. The van der Waals surface area contributed by atoms with E-state index in [0.29, 0.717) is 5.69 Å². The third kappa shape index (κ3) is 3.99. The average molecular weight is 379 g/mol. The van der Waals surface area contributed by atoms with Crippen molar-refractivity contribution in [1.82, 2.24) is 30.2 Å². The van der Waals surface area contributed by atoms with Gasteiger partial charge in [0, 0.05) is 6.20 Å². The summed E-state index contributed by atoms with van der Waals surface area (Å²) in [5, 5.41) is 2.36. The number of aromatic nitrogens is 5. The lowest BCUT2D eigenvalue weighted by Crippen LogP contribution is -2.27. The van der Waals surface area contributed by atoms with Crippen molar-refractivity contribution in [3.05, 3.63) is 47.6 Å². The molecule has 0 saturated carbocycles. The molecular formula is C15H12F3N7O2. The summed E-state index contributed by atoms with van der Waals surface area (Å²) < 4.78 is 43.1. The summed E-state index contributed by atoms with van der Waals surface area (Å²) in [4.78, 5) is 31.4. The zero-order valence-electron chi connectivity index (χ0n) is 13.8. The highest BCUT2D eigenvalue weighted by molar-refractivity contribution is 5.96. The Balaban J connectivity index is 1.76. The quantitative estimate of drug-likeness (QED) is 0.701. The Kier molecular flexibility index (Phi) is 4.71. The molecule has 12 heteroatoms. The first-order valence-electron chi connectivity index (χ1n) is 7.47. The fourth-order valence-corrected chi connectivity index (χ4v) is 2.13. The van der Waals surface area contributed by atoms with E-state index < -0.39 is 17.8 Å². The molecule has 0 atom stereocenters. The Morgan fingerprint density at radius 1 is 1.22 bits per heavy atom. The van der Waals surface area contributed by atoms with Crippen molar-refractivity contribution in [2.45, 2.75) is 19.6 Å². The second-order valence-corrected chi connectivity index (χ2v) is 5.27. The molecule has 3 N–H and O–H groups in total. The van der Waals surface area contributed by atoms with E-state index >= 15 is 0 Å². The van der Waals surface area contributed by atoms with Crippen molar-refractivity contribution in [2.24, 2.45) is 0 Å². The Hall–Kier alpha value is -3.57. The number of rotatable bonds is 4. The van der Waals surface area contributed by atoms with Crippen LogP contribution in [0.15, 0.2) is 29.1 Å². The standard InChI is InChI=1S/C15H12F3N7O2/c1-7-10(14-21-4-5-27-14)25-12(19)11(23-7)13(26)22-6-9-20-3-2-8(24-9)15(16,17)18/h2-5H,6H2,1H3,(H2,19,25)(H,22,26). The number of hydrogen-bond donors (Lipinski definition) is 2. The lowest BCUT2D eigenvalue weighted by Gasteiger charge is -2.10. The monoisotopic (exact) mass is 379 g/mol. The predicted octanol–water partition coefficient (Wildman–Crippen LogP) is 1.76. The van der Waals surface area contributed by atoms with Crippen LogP contribution in [0, 0.1) is 6.92 Å². The second-order valence-electron chi connectivity index (χ2n) is 5.27. The third-order valence-electron chi connectivity index (χ3n) is 3.35. The molecule has 0 aliphatic carbocycles. The third-order valence-corrected chi connectivity index (χ3v) is 3.35. The van der Waals surface area contributed by atoms with Crippen LogP contribution in [0.3, 0.4) is 0 Å². The van der Waals surface area contributed by atoms with E-state index in [4.69, 9.17) is 10.2 Å². The number of halogens is 3. The van der Waals surface area contributed by atoms with Crippen LogP contribution in [0.5, 0.6) is 0 Å². The zero-order chi connectivity index (χ0) is 19.6. The Bertz CT molecular complexity index is 974. The minimum Gasteiger partial charge on any atom is -0.443 e. The molecule has 0 spiro atoms. The van der Waals surface area contributed by atoms with Gasteiger partial charge >= 0.3 is 6.18 Å². The van der Waals surface area contributed by atoms with Crippen LogP contribution in [0.1, 0.15) is 27.7 Å². The molecule has 27 heavy (non-hydrogen) atoms. The molecule has 9 nitrogen and oxygen atoms in total. The molecule has 1 amide bonds. The molecule has 0 bridgehead atoms. The SMILES string of the molecule is Cc1nc(C(=O)NCc2nccc(C(F)(F)F)n2)c(N)nc1-c1ncco1. The molecular weight excluding hydrogens is 367 g/mol. The van der Waals surface area contributed by atoms with Gasteiger partial charge in [-0.3, -0.25) is 4.79 Å².